The van der Waals surface area contributed by atoms with Gasteiger partial charge in [-0.05, 0) is 6.42 Å². The zero-order valence-electron chi connectivity index (χ0n) is 4.92. The standard InChI is InChI=1S/C5H10N2.ClH/c1-2-5(7)3-4-6;/h5H,2-3,7H2,1H3;1H/t5-;/m1./s1. The van der Waals surface area contributed by atoms with Gasteiger partial charge in [0, 0.05) is 6.04 Å². The molecule has 0 aromatic rings. The van der Waals surface area contributed by atoms with Gasteiger partial charge in [-0.2, -0.15) is 5.26 Å². The first kappa shape index (κ1) is 10.7. The average molecular weight is 135 g/mol. The first-order valence-electron chi connectivity index (χ1n) is 2.43. The quantitative estimate of drug-likeness (QED) is 0.614. The molecule has 0 aromatic carbocycles. The second-order valence-corrected chi connectivity index (χ2v) is 1.53. The second-order valence-electron chi connectivity index (χ2n) is 1.53. The Kier molecular flexibility index (Phi) is 8.99. The molecule has 0 unspecified atom stereocenters. The van der Waals surface area contributed by atoms with Crippen molar-refractivity contribution in [3.63, 3.8) is 0 Å². The SMILES string of the molecule is CC[C@@H](N)CC#N.Cl. The van der Waals surface area contributed by atoms with Gasteiger partial charge in [0.15, 0.2) is 0 Å². The van der Waals surface area contributed by atoms with E-state index in [4.69, 9.17) is 11.0 Å². The Balaban J connectivity index is 0. The van der Waals surface area contributed by atoms with E-state index >= 15 is 0 Å². The van der Waals surface area contributed by atoms with Crippen LogP contribution < -0.4 is 5.73 Å². The zero-order chi connectivity index (χ0) is 5.70. The number of nitrogens with zero attached hydrogens (tertiary/aromatic N) is 1. The van der Waals surface area contributed by atoms with Gasteiger partial charge in [-0.3, -0.25) is 0 Å². The zero-order valence-corrected chi connectivity index (χ0v) is 5.74. The molecule has 0 heterocycles. The Morgan fingerprint density at radius 3 is 2.38 bits per heavy atom. The lowest BCUT2D eigenvalue weighted by molar-refractivity contribution is 0.665. The van der Waals surface area contributed by atoms with Crippen molar-refractivity contribution in [3.05, 3.63) is 0 Å². The van der Waals surface area contributed by atoms with E-state index in [1.54, 1.807) is 0 Å². The molecule has 0 radical (unpaired) electrons. The fourth-order valence-corrected chi connectivity index (χ4v) is 0.262. The Bertz CT molecular complexity index is 77.0. The summed E-state index contributed by atoms with van der Waals surface area (Å²) in [7, 11) is 0. The molecule has 1 atom stereocenters. The number of hydrogen-bond acceptors (Lipinski definition) is 2. The summed E-state index contributed by atoms with van der Waals surface area (Å²) in [5.41, 5.74) is 5.36. The summed E-state index contributed by atoms with van der Waals surface area (Å²) < 4.78 is 0. The number of nitriles is 1. The van der Waals surface area contributed by atoms with Crippen LogP contribution in [0.5, 0.6) is 0 Å². The molecule has 48 valence electrons. The smallest absolute Gasteiger partial charge is 0.0638 e. The highest BCUT2D eigenvalue weighted by atomic mass is 35.5. The summed E-state index contributed by atoms with van der Waals surface area (Å²) in [6.07, 6.45) is 1.38. The van der Waals surface area contributed by atoms with Crippen molar-refractivity contribution in [2.75, 3.05) is 0 Å². The van der Waals surface area contributed by atoms with Crippen LogP contribution in [0.2, 0.25) is 0 Å². The van der Waals surface area contributed by atoms with Gasteiger partial charge < -0.3 is 5.73 Å². The van der Waals surface area contributed by atoms with Crippen LogP contribution in [0.4, 0.5) is 0 Å². The van der Waals surface area contributed by atoms with Gasteiger partial charge in [0.25, 0.3) is 0 Å². The highest BCUT2D eigenvalue weighted by molar-refractivity contribution is 5.85. The number of nitrogens with two attached hydrogens (primary N) is 1. The molecule has 0 saturated carbocycles. The van der Waals surface area contributed by atoms with E-state index in [2.05, 4.69) is 0 Å². The third kappa shape index (κ3) is 5.74. The molecule has 0 bridgehead atoms. The Morgan fingerprint density at radius 2 is 2.25 bits per heavy atom. The van der Waals surface area contributed by atoms with Crippen LogP contribution >= 0.6 is 12.4 Å². The highest BCUT2D eigenvalue weighted by Gasteiger charge is 1.93. The lowest BCUT2D eigenvalue weighted by atomic mass is 10.2. The predicted molar refractivity (Wildman–Crippen MR) is 35.7 cm³/mol. The maximum Gasteiger partial charge on any atom is 0.0638 e. The van der Waals surface area contributed by atoms with Crippen LogP contribution in [0.25, 0.3) is 0 Å². The molecule has 3 heteroatoms. The van der Waals surface area contributed by atoms with Crippen LogP contribution in [0.3, 0.4) is 0 Å². The molecule has 0 aromatic heterocycles. The van der Waals surface area contributed by atoms with Crippen LogP contribution in [-0.2, 0) is 0 Å². The van der Waals surface area contributed by atoms with Gasteiger partial charge >= 0.3 is 0 Å². The largest absolute Gasteiger partial charge is 0.327 e. The van der Waals surface area contributed by atoms with E-state index in [0.29, 0.717) is 6.42 Å². The average Bonchev–Trinajstić information content (AvgIpc) is 1.68. The number of rotatable bonds is 2. The monoisotopic (exact) mass is 134 g/mol. The fraction of sp³-hybridized carbons (Fsp3) is 0.800. The van der Waals surface area contributed by atoms with Gasteiger partial charge in [-0.1, -0.05) is 6.92 Å². The van der Waals surface area contributed by atoms with E-state index in [-0.39, 0.29) is 18.4 Å². The maximum absolute atomic E-state index is 8.04. The summed E-state index contributed by atoms with van der Waals surface area (Å²) >= 11 is 0. The van der Waals surface area contributed by atoms with Gasteiger partial charge in [0.2, 0.25) is 0 Å². The van der Waals surface area contributed by atoms with Gasteiger partial charge in [0.05, 0.1) is 12.5 Å². The molecule has 0 aliphatic rings. The van der Waals surface area contributed by atoms with E-state index < -0.39 is 0 Å². The van der Waals surface area contributed by atoms with Crippen LogP contribution in [-0.4, -0.2) is 6.04 Å². The van der Waals surface area contributed by atoms with Crippen molar-refractivity contribution in [3.8, 4) is 6.07 Å². The third-order valence-corrected chi connectivity index (χ3v) is 0.878. The Labute approximate surface area is 56.1 Å². The third-order valence-electron chi connectivity index (χ3n) is 0.878. The molecule has 2 nitrogen and oxygen atoms in total. The van der Waals surface area contributed by atoms with Crippen LogP contribution in [0, 0.1) is 11.3 Å². The summed E-state index contributed by atoms with van der Waals surface area (Å²) in [5, 5.41) is 8.04. The summed E-state index contributed by atoms with van der Waals surface area (Å²) in [6.45, 7) is 1.97. The molecule has 0 rings (SSSR count). The van der Waals surface area contributed by atoms with E-state index in [0.717, 1.165) is 6.42 Å². The van der Waals surface area contributed by atoms with E-state index in [1.807, 2.05) is 13.0 Å². The molecule has 8 heavy (non-hydrogen) atoms. The summed E-state index contributed by atoms with van der Waals surface area (Å²) in [4.78, 5) is 0. The van der Waals surface area contributed by atoms with Crippen molar-refractivity contribution in [2.45, 2.75) is 25.8 Å². The molecule has 0 amide bonds. The fourth-order valence-electron chi connectivity index (χ4n) is 0.262. The normalized spacial score (nSPS) is 11.1. The van der Waals surface area contributed by atoms with Crippen molar-refractivity contribution in [1.29, 1.82) is 5.26 Å². The molecular weight excluding hydrogens is 124 g/mol. The predicted octanol–water partition coefficient (Wildman–Crippen LogP) is 1.06. The van der Waals surface area contributed by atoms with Gasteiger partial charge in [-0.15, -0.1) is 12.4 Å². The van der Waals surface area contributed by atoms with Gasteiger partial charge in [-0.25, -0.2) is 0 Å². The van der Waals surface area contributed by atoms with Crippen LogP contribution in [0.15, 0.2) is 0 Å². The Hall–Kier alpha value is -0.260. The lowest BCUT2D eigenvalue weighted by Crippen LogP contribution is -2.16. The minimum atomic E-state index is 0. The van der Waals surface area contributed by atoms with Crippen molar-refractivity contribution in [2.24, 2.45) is 5.73 Å². The molecule has 0 spiro atoms. The minimum Gasteiger partial charge on any atom is -0.327 e. The molecule has 0 fully saturated rings. The minimum absolute atomic E-state index is 0. The Morgan fingerprint density at radius 1 is 1.75 bits per heavy atom. The van der Waals surface area contributed by atoms with E-state index in [9.17, 15) is 0 Å². The molecule has 0 aliphatic carbocycles. The molecule has 0 aliphatic heterocycles. The highest BCUT2D eigenvalue weighted by Crippen LogP contribution is 1.88. The van der Waals surface area contributed by atoms with E-state index in [1.165, 1.54) is 0 Å². The molecule has 0 saturated heterocycles. The van der Waals surface area contributed by atoms with Crippen molar-refractivity contribution >= 4 is 12.4 Å². The van der Waals surface area contributed by atoms with Crippen LogP contribution in [0.1, 0.15) is 19.8 Å². The molecule has 2 N–H and O–H groups in total. The number of hydrogen-bond donors (Lipinski definition) is 1. The van der Waals surface area contributed by atoms with Gasteiger partial charge in [0.1, 0.15) is 0 Å². The summed E-state index contributed by atoms with van der Waals surface area (Å²) in [5.74, 6) is 0. The molecular formula is C5H11ClN2. The van der Waals surface area contributed by atoms with Crippen molar-refractivity contribution in [1.82, 2.24) is 0 Å². The topological polar surface area (TPSA) is 49.8 Å². The maximum atomic E-state index is 8.04. The van der Waals surface area contributed by atoms with Crippen molar-refractivity contribution < 1.29 is 0 Å². The first-order valence-corrected chi connectivity index (χ1v) is 2.43. The summed E-state index contributed by atoms with van der Waals surface area (Å²) in [6, 6.07) is 2.08. The number of halogens is 1. The lowest BCUT2D eigenvalue weighted by Gasteiger charge is -1.97. The first-order chi connectivity index (χ1) is 3.31. The second kappa shape index (κ2) is 6.74.